The van der Waals surface area contributed by atoms with E-state index in [1.807, 2.05) is 6.07 Å². The molecule has 140 valence electrons. The number of hydrogen-bond donors (Lipinski definition) is 3. The molecule has 1 heterocycles. The molecule has 1 aromatic rings. The summed E-state index contributed by atoms with van der Waals surface area (Å²) >= 11 is 0. The quantitative estimate of drug-likeness (QED) is 0.754. The van der Waals surface area contributed by atoms with Crippen molar-refractivity contribution in [2.45, 2.75) is 51.9 Å². The number of fused-ring (bicyclic) bond motifs is 1. The number of nitrogens with one attached hydrogen (secondary N) is 2. The van der Waals surface area contributed by atoms with E-state index in [0.717, 1.165) is 44.1 Å². The molecule has 1 saturated carbocycles. The van der Waals surface area contributed by atoms with Crippen LogP contribution in [0.5, 0.6) is 0 Å². The Kier molecular flexibility index (Phi) is 5.30. The van der Waals surface area contributed by atoms with Crippen molar-refractivity contribution in [2.24, 2.45) is 11.3 Å². The molecule has 1 aliphatic carbocycles. The van der Waals surface area contributed by atoms with E-state index in [0.29, 0.717) is 17.8 Å². The van der Waals surface area contributed by atoms with E-state index in [2.05, 4.69) is 10.6 Å². The molecule has 0 saturated heterocycles. The van der Waals surface area contributed by atoms with Crippen molar-refractivity contribution in [1.82, 2.24) is 5.32 Å². The number of anilines is 1. The van der Waals surface area contributed by atoms with Crippen molar-refractivity contribution in [2.75, 3.05) is 11.9 Å². The Morgan fingerprint density at radius 3 is 2.69 bits per heavy atom. The largest absolute Gasteiger partial charge is 0.481 e. The van der Waals surface area contributed by atoms with Crippen LogP contribution >= 0.6 is 0 Å². The van der Waals surface area contributed by atoms with Gasteiger partial charge >= 0.3 is 5.97 Å². The standard InChI is InChI=1S/C20H26N2O4/c1-20(12-17(23)24,14-5-3-2-4-6-14)19(26)22-15-8-7-13-9-10-21-18(25)16(13)11-15/h7-8,11,14H,2-6,9-10,12H2,1H3,(H,21,25)(H,22,26)(H,23,24)/t20-/m1/s1. The first kappa shape index (κ1) is 18.4. The second-order valence-corrected chi connectivity index (χ2v) is 7.65. The Bertz CT molecular complexity index is 725. The number of carbonyl (C=O) groups is 3. The molecule has 1 fully saturated rings. The molecule has 2 amide bonds. The fraction of sp³-hybridized carbons (Fsp3) is 0.550. The summed E-state index contributed by atoms with van der Waals surface area (Å²) in [4.78, 5) is 36.5. The SMILES string of the molecule is C[C@](CC(=O)O)(C(=O)Nc1ccc2c(c1)C(=O)NCC2)C1CCCCC1. The molecule has 1 aromatic carbocycles. The predicted molar refractivity (Wildman–Crippen MR) is 98.0 cm³/mol. The number of carbonyl (C=O) groups excluding carboxylic acids is 2. The van der Waals surface area contributed by atoms with Gasteiger partial charge in [0.2, 0.25) is 5.91 Å². The van der Waals surface area contributed by atoms with E-state index < -0.39 is 11.4 Å². The second-order valence-electron chi connectivity index (χ2n) is 7.65. The summed E-state index contributed by atoms with van der Waals surface area (Å²) in [6.45, 7) is 2.38. The van der Waals surface area contributed by atoms with Crippen LogP contribution in [0.25, 0.3) is 0 Å². The molecule has 0 spiro atoms. The number of hydrogen-bond acceptors (Lipinski definition) is 3. The highest BCUT2D eigenvalue weighted by molar-refractivity contribution is 6.01. The van der Waals surface area contributed by atoms with Crippen LogP contribution in [0.2, 0.25) is 0 Å². The Labute approximate surface area is 153 Å². The molecule has 0 aromatic heterocycles. The number of carboxylic acids is 1. The van der Waals surface area contributed by atoms with Crippen LogP contribution in [0.15, 0.2) is 18.2 Å². The summed E-state index contributed by atoms with van der Waals surface area (Å²) in [7, 11) is 0. The van der Waals surface area contributed by atoms with E-state index in [1.165, 1.54) is 0 Å². The molecular weight excluding hydrogens is 332 g/mol. The van der Waals surface area contributed by atoms with Crippen LogP contribution < -0.4 is 10.6 Å². The Morgan fingerprint density at radius 1 is 1.27 bits per heavy atom. The maximum atomic E-state index is 13.0. The van der Waals surface area contributed by atoms with Crippen molar-refractivity contribution >= 4 is 23.5 Å². The molecule has 3 rings (SSSR count). The van der Waals surface area contributed by atoms with Gasteiger partial charge in [0.05, 0.1) is 11.8 Å². The van der Waals surface area contributed by atoms with Gasteiger partial charge in [0.1, 0.15) is 0 Å². The zero-order valence-electron chi connectivity index (χ0n) is 15.1. The predicted octanol–water partition coefficient (Wildman–Crippen LogP) is 2.97. The Balaban J connectivity index is 1.82. The minimum Gasteiger partial charge on any atom is -0.481 e. The lowest BCUT2D eigenvalue weighted by Crippen LogP contribution is -2.42. The van der Waals surface area contributed by atoms with Gasteiger partial charge in [0.25, 0.3) is 5.91 Å². The Hall–Kier alpha value is -2.37. The van der Waals surface area contributed by atoms with Crippen molar-refractivity contribution in [3.63, 3.8) is 0 Å². The van der Waals surface area contributed by atoms with E-state index in [1.54, 1.807) is 19.1 Å². The van der Waals surface area contributed by atoms with Gasteiger partial charge in [-0.05, 0) is 49.8 Å². The minimum absolute atomic E-state index is 0.0632. The molecule has 26 heavy (non-hydrogen) atoms. The van der Waals surface area contributed by atoms with Crippen molar-refractivity contribution < 1.29 is 19.5 Å². The molecule has 1 aliphatic heterocycles. The highest BCUT2D eigenvalue weighted by atomic mass is 16.4. The van der Waals surface area contributed by atoms with Crippen molar-refractivity contribution in [1.29, 1.82) is 0 Å². The summed E-state index contributed by atoms with van der Waals surface area (Å²) < 4.78 is 0. The molecule has 1 atom stereocenters. The van der Waals surface area contributed by atoms with Gasteiger partial charge in [0, 0.05) is 17.8 Å². The summed E-state index contributed by atoms with van der Waals surface area (Å²) in [5.74, 6) is -1.31. The molecule has 2 aliphatic rings. The monoisotopic (exact) mass is 358 g/mol. The zero-order chi connectivity index (χ0) is 18.7. The van der Waals surface area contributed by atoms with Crippen LogP contribution in [0.1, 0.15) is 61.4 Å². The lowest BCUT2D eigenvalue weighted by Gasteiger charge is -2.37. The van der Waals surface area contributed by atoms with Gasteiger partial charge in [-0.2, -0.15) is 0 Å². The fourth-order valence-corrected chi connectivity index (χ4v) is 4.23. The highest BCUT2D eigenvalue weighted by Gasteiger charge is 2.43. The van der Waals surface area contributed by atoms with Crippen LogP contribution in [-0.4, -0.2) is 29.4 Å². The van der Waals surface area contributed by atoms with Crippen LogP contribution in [-0.2, 0) is 16.0 Å². The fourth-order valence-electron chi connectivity index (χ4n) is 4.23. The van der Waals surface area contributed by atoms with Crippen LogP contribution in [0.3, 0.4) is 0 Å². The average Bonchev–Trinajstić information content (AvgIpc) is 2.62. The minimum atomic E-state index is -0.960. The Morgan fingerprint density at radius 2 is 2.00 bits per heavy atom. The normalized spacial score (nSPS) is 19.8. The maximum Gasteiger partial charge on any atom is 0.304 e. The summed E-state index contributed by atoms with van der Waals surface area (Å²) in [6.07, 6.45) is 5.55. The lowest BCUT2D eigenvalue weighted by molar-refractivity contribution is -0.145. The smallest absolute Gasteiger partial charge is 0.304 e. The van der Waals surface area contributed by atoms with Crippen LogP contribution in [0.4, 0.5) is 5.69 Å². The molecule has 6 heteroatoms. The van der Waals surface area contributed by atoms with Gasteiger partial charge < -0.3 is 15.7 Å². The number of benzene rings is 1. The third-order valence-electron chi connectivity index (χ3n) is 5.84. The third-order valence-corrected chi connectivity index (χ3v) is 5.84. The highest BCUT2D eigenvalue weighted by Crippen LogP contribution is 2.42. The number of aliphatic carboxylic acids is 1. The first-order valence-electron chi connectivity index (χ1n) is 9.34. The maximum absolute atomic E-state index is 13.0. The zero-order valence-corrected chi connectivity index (χ0v) is 15.1. The van der Waals surface area contributed by atoms with Gasteiger partial charge in [-0.25, -0.2) is 0 Å². The average molecular weight is 358 g/mol. The molecule has 0 radical (unpaired) electrons. The van der Waals surface area contributed by atoms with Gasteiger partial charge in [-0.3, -0.25) is 14.4 Å². The number of carboxylic acid groups (broad SMARTS) is 1. The van der Waals surface area contributed by atoms with Gasteiger partial charge in [-0.1, -0.05) is 25.3 Å². The van der Waals surface area contributed by atoms with E-state index in [4.69, 9.17) is 0 Å². The van der Waals surface area contributed by atoms with Crippen molar-refractivity contribution in [3.8, 4) is 0 Å². The summed E-state index contributed by atoms with van der Waals surface area (Å²) in [5, 5.41) is 15.0. The summed E-state index contributed by atoms with van der Waals surface area (Å²) in [5.41, 5.74) is 1.13. The molecule has 3 N–H and O–H groups in total. The molecule has 0 unspecified atom stereocenters. The van der Waals surface area contributed by atoms with E-state index in [-0.39, 0.29) is 24.2 Å². The van der Waals surface area contributed by atoms with Crippen LogP contribution in [0, 0.1) is 11.3 Å². The van der Waals surface area contributed by atoms with Crippen molar-refractivity contribution in [3.05, 3.63) is 29.3 Å². The molecular formula is C20H26N2O4. The van der Waals surface area contributed by atoms with E-state index >= 15 is 0 Å². The topological polar surface area (TPSA) is 95.5 Å². The number of rotatable bonds is 5. The third kappa shape index (κ3) is 3.74. The lowest BCUT2D eigenvalue weighted by atomic mass is 9.67. The second kappa shape index (κ2) is 7.48. The molecule has 0 bridgehead atoms. The first-order chi connectivity index (χ1) is 12.4. The molecule has 6 nitrogen and oxygen atoms in total. The van der Waals surface area contributed by atoms with E-state index in [9.17, 15) is 19.5 Å². The summed E-state index contributed by atoms with van der Waals surface area (Å²) in [6, 6.07) is 5.33. The number of amides is 2. The van der Waals surface area contributed by atoms with Gasteiger partial charge in [0.15, 0.2) is 0 Å². The first-order valence-corrected chi connectivity index (χ1v) is 9.34. The van der Waals surface area contributed by atoms with Gasteiger partial charge in [-0.15, -0.1) is 0 Å².